The van der Waals surface area contributed by atoms with Gasteiger partial charge in [-0.25, -0.2) is 4.79 Å². The van der Waals surface area contributed by atoms with Crippen LogP contribution in [0.3, 0.4) is 0 Å². The van der Waals surface area contributed by atoms with Crippen molar-refractivity contribution in [2.45, 2.75) is 13.0 Å². The molecule has 0 saturated carbocycles. The standard InChI is InChI=1S/C23H21NO4/c1-17(18-8-4-2-5-9-18)24-22(25)16-27-23(26)19-12-14-21(15-13-19)28-20-10-6-3-7-11-20/h2-15,17H,16H2,1H3,(H,24,25)/t17-/m1/s1. The number of hydrogen-bond acceptors (Lipinski definition) is 4. The van der Waals surface area contributed by atoms with E-state index in [9.17, 15) is 9.59 Å². The van der Waals surface area contributed by atoms with E-state index in [-0.39, 0.29) is 18.6 Å². The largest absolute Gasteiger partial charge is 0.457 e. The minimum atomic E-state index is -0.561. The maximum Gasteiger partial charge on any atom is 0.338 e. The van der Waals surface area contributed by atoms with Crippen LogP contribution >= 0.6 is 0 Å². The molecule has 0 spiro atoms. The molecule has 0 aliphatic rings. The molecule has 0 unspecified atom stereocenters. The number of carbonyl (C=O) groups is 2. The van der Waals surface area contributed by atoms with Crippen molar-refractivity contribution in [3.8, 4) is 11.5 Å². The van der Waals surface area contributed by atoms with E-state index < -0.39 is 5.97 Å². The fourth-order valence-corrected chi connectivity index (χ4v) is 2.61. The smallest absolute Gasteiger partial charge is 0.338 e. The summed E-state index contributed by atoms with van der Waals surface area (Å²) >= 11 is 0. The number of amides is 1. The van der Waals surface area contributed by atoms with Gasteiger partial charge >= 0.3 is 5.97 Å². The average Bonchev–Trinajstić information content (AvgIpc) is 2.74. The topological polar surface area (TPSA) is 64.6 Å². The number of rotatable bonds is 7. The van der Waals surface area contributed by atoms with Crippen molar-refractivity contribution in [2.24, 2.45) is 0 Å². The predicted molar refractivity (Wildman–Crippen MR) is 106 cm³/mol. The number of benzene rings is 3. The lowest BCUT2D eigenvalue weighted by molar-refractivity contribution is -0.124. The Morgan fingerprint density at radius 1 is 0.821 bits per heavy atom. The second kappa shape index (κ2) is 9.37. The highest BCUT2D eigenvalue weighted by Crippen LogP contribution is 2.21. The molecule has 0 aliphatic carbocycles. The van der Waals surface area contributed by atoms with Crippen molar-refractivity contribution in [3.05, 3.63) is 96.1 Å². The first-order valence-electron chi connectivity index (χ1n) is 8.96. The number of para-hydroxylation sites is 1. The molecule has 0 bridgehead atoms. The molecule has 0 aromatic heterocycles. The minimum absolute atomic E-state index is 0.165. The normalized spacial score (nSPS) is 11.3. The lowest BCUT2D eigenvalue weighted by Gasteiger charge is -2.14. The Morgan fingerprint density at radius 3 is 2.04 bits per heavy atom. The van der Waals surface area contributed by atoms with E-state index in [1.54, 1.807) is 24.3 Å². The second-order valence-electron chi connectivity index (χ2n) is 6.22. The highest BCUT2D eigenvalue weighted by molar-refractivity contribution is 5.91. The second-order valence-corrected chi connectivity index (χ2v) is 6.22. The van der Waals surface area contributed by atoms with Crippen molar-refractivity contribution >= 4 is 11.9 Å². The third kappa shape index (κ3) is 5.45. The average molecular weight is 375 g/mol. The fourth-order valence-electron chi connectivity index (χ4n) is 2.61. The maximum atomic E-state index is 12.1. The number of ether oxygens (including phenoxy) is 2. The summed E-state index contributed by atoms with van der Waals surface area (Å²) in [5.74, 6) is 0.404. The highest BCUT2D eigenvalue weighted by atomic mass is 16.5. The number of carbonyl (C=O) groups excluding carboxylic acids is 2. The van der Waals surface area contributed by atoms with Crippen LogP contribution in [0.5, 0.6) is 11.5 Å². The van der Waals surface area contributed by atoms with Crippen LogP contribution in [0.4, 0.5) is 0 Å². The van der Waals surface area contributed by atoms with E-state index in [4.69, 9.17) is 9.47 Å². The summed E-state index contributed by atoms with van der Waals surface area (Å²) in [6.45, 7) is 1.54. The number of esters is 1. The van der Waals surface area contributed by atoms with Crippen LogP contribution in [0.1, 0.15) is 28.9 Å². The fraction of sp³-hybridized carbons (Fsp3) is 0.130. The molecule has 0 heterocycles. The molecule has 5 nitrogen and oxygen atoms in total. The van der Waals surface area contributed by atoms with Gasteiger partial charge in [-0.1, -0.05) is 48.5 Å². The summed E-state index contributed by atoms with van der Waals surface area (Å²) in [6, 6.07) is 25.3. The van der Waals surface area contributed by atoms with E-state index in [0.717, 1.165) is 5.56 Å². The van der Waals surface area contributed by atoms with Crippen molar-refractivity contribution in [3.63, 3.8) is 0 Å². The molecule has 0 radical (unpaired) electrons. The van der Waals surface area contributed by atoms with E-state index in [0.29, 0.717) is 17.1 Å². The van der Waals surface area contributed by atoms with Gasteiger partial charge in [0.2, 0.25) is 0 Å². The van der Waals surface area contributed by atoms with E-state index in [1.165, 1.54) is 0 Å². The van der Waals surface area contributed by atoms with Crippen LogP contribution in [-0.4, -0.2) is 18.5 Å². The molecule has 0 fully saturated rings. The van der Waals surface area contributed by atoms with Gasteiger partial charge in [0.15, 0.2) is 6.61 Å². The van der Waals surface area contributed by atoms with E-state index in [2.05, 4.69) is 5.32 Å². The predicted octanol–water partition coefficient (Wildman–Crippen LogP) is 4.51. The Kier molecular flexibility index (Phi) is 6.41. The third-order valence-electron chi connectivity index (χ3n) is 4.08. The van der Waals surface area contributed by atoms with Gasteiger partial charge in [-0.15, -0.1) is 0 Å². The van der Waals surface area contributed by atoms with E-state index in [1.807, 2.05) is 67.6 Å². The molecular formula is C23H21NO4. The van der Waals surface area contributed by atoms with Crippen LogP contribution in [0.15, 0.2) is 84.9 Å². The molecule has 3 rings (SSSR count). The molecule has 28 heavy (non-hydrogen) atoms. The Bertz CT molecular complexity index is 908. The van der Waals surface area contributed by atoms with Crippen molar-refractivity contribution in [2.75, 3.05) is 6.61 Å². The lowest BCUT2D eigenvalue weighted by Crippen LogP contribution is -2.31. The maximum absolute atomic E-state index is 12.1. The summed E-state index contributed by atoms with van der Waals surface area (Å²) in [7, 11) is 0. The van der Waals surface area contributed by atoms with E-state index >= 15 is 0 Å². The van der Waals surface area contributed by atoms with Gasteiger partial charge in [-0.3, -0.25) is 4.79 Å². The SMILES string of the molecule is C[C@@H](NC(=O)COC(=O)c1ccc(Oc2ccccc2)cc1)c1ccccc1. The van der Waals surface area contributed by atoms with Gasteiger partial charge in [0.1, 0.15) is 11.5 Å². The van der Waals surface area contributed by atoms with Gasteiger partial charge in [0.05, 0.1) is 11.6 Å². The lowest BCUT2D eigenvalue weighted by atomic mass is 10.1. The Morgan fingerprint density at radius 2 is 1.39 bits per heavy atom. The number of hydrogen-bond donors (Lipinski definition) is 1. The van der Waals surface area contributed by atoms with Gasteiger partial charge in [-0.2, -0.15) is 0 Å². The monoisotopic (exact) mass is 375 g/mol. The van der Waals surface area contributed by atoms with Gasteiger partial charge in [0.25, 0.3) is 5.91 Å². The summed E-state index contributed by atoms with van der Waals surface area (Å²) in [5, 5.41) is 2.80. The van der Waals surface area contributed by atoms with Crippen molar-refractivity contribution in [1.29, 1.82) is 0 Å². The van der Waals surface area contributed by atoms with Gasteiger partial charge in [0, 0.05) is 0 Å². The zero-order chi connectivity index (χ0) is 19.8. The first-order valence-corrected chi connectivity index (χ1v) is 8.96. The van der Waals surface area contributed by atoms with Gasteiger partial charge in [-0.05, 0) is 48.9 Å². The molecule has 1 atom stereocenters. The van der Waals surface area contributed by atoms with Crippen LogP contribution in [-0.2, 0) is 9.53 Å². The van der Waals surface area contributed by atoms with Crippen LogP contribution in [0.25, 0.3) is 0 Å². The van der Waals surface area contributed by atoms with Crippen LogP contribution in [0.2, 0.25) is 0 Å². The van der Waals surface area contributed by atoms with Gasteiger partial charge < -0.3 is 14.8 Å². The molecule has 3 aromatic carbocycles. The summed E-state index contributed by atoms with van der Waals surface area (Å²) in [6.07, 6.45) is 0. The highest BCUT2D eigenvalue weighted by Gasteiger charge is 2.13. The summed E-state index contributed by atoms with van der Waals surface area (Å²) in [4.78, 5) is 24.1. The molecule has 3 aromatic rings. The zero-order valence-corrected chi connectivity index (χ0v) is 15.5. The first kappa shape index (κ1) is 19.2. The molecule has 142 valence electrons. The van der Waals surface area contributed by atoms with Crippen molar-refractivity contribution in [1.82, 2.24) is 5.32 Å². The number of nitrogens with one attached hydrogen (secondary N) is 1. The summed E-state index contributed by atoms with van der Waals surface area (Å²) < 4.78 is 10.8. The molecule has 0 aliphatic heterocycles. The molecule has 1 N–H and O–H groups in total. The quantitative estimate of drug-likeness (QED) is 0.617. The van der Waals surface area contributed by atoms with Crippen LogP contribution in [0, 0.1) is 0 Å². The third-order valence-corrected chi connectivity index (χ3v) is 4.08. The molecule has 0 saturated heterocycles. The molecule has 5 heteroatoms. The summed E-state index contributed by atoms with van der Waals surface area (Å²) in [5.41, 5.74) is 1.33. The molecular weight excluding hydrogens is 354 g/mol. The Labute approximate surface area is 163 Å². The molecule has 1 amide bonds. The Balaban J connectivity index is 1.48. The first-order chi connectivity index (χ1) is 13.6. The zero-order valence-electron chi connectivity index (χ0n) is 15.5. The minimum Gasteiger partial charge on any atom is -0.457 e. The van der Waals surface area contributed by atoms with Crippen LogP contribution < -0.4 is 10.1 Å². The van der Waals surface area contributed by atoms with Crippen molar-refractivity contribution < 1.29 is 19.1 Å². The Hall–Kier alpha value is -3.60.